The molecular weight excluding hydrogens is 1080 g/mol. The van der Waals surface area contributed by atoms with Crippen LogP contribution in [0, 0.1) is 0 Å². The van der Waals surface area contributed by atoms with Gasteiger partial charge < -0.3 is 77.8 Å². The van der Waals surface area contributed by atoms with Crippen molar-refractivity contribution in [1.82, 2.24) is 47.4 Å². The van der Waals surface area contributed by atoms with Crippen molar-refractivity contribution in [2.75, 3.05) is 13.7 Å². The van der Waals surface area contributed by atoms with Gasteiger partial charge in [0, 0.05) is 25.8 Å². The zero-order valence-corrected chi connectivity index (χ0v) is 48.6. The van der Waals surface area contributed by atoms with Crippen LogP contribution in [0.4, 0.5) is 0 Å². The van der Waals surface area contributed by atoms with Crippen molar-refractivity contribution in [1.29, 1.82) is 0 Å². The molecule has 0 aliphatic rings. The van der Waals surface area contributed by atoms with Crippen LogP contribution in [0.15, 0.2) is 25.3 Å². The summed E-state index contributed by atoms with van der Waals surface area (Å²) in [6.07, 6.45) is -3.16. The van der Waals surface area contributed by atoms with Crippen LogP contribution in [-0.2, 0) is 86.1 Å². The standard InChI is InChI=1S/C52H84N12O18/c1-15-17-18-33(67)58-31(19-21-34(68)81-51(8,9)10)45(74)63-43(57-27(4)25-66)49(78)64(23-16-2)38(41(72)30(7)55)47(76)62-42(56-26(3)24-65)48(77)60-36(39(70)28(5)53)46(75)59-32(20-22-35(69)82-52(11,12)13)44(73)61-37(50(79)80-14)40(71)29(6)54/h15-16,24-32,36-38,42-43,56-57H,1-2,17-23,53-55H2,3-14H3,(H,58,67)(H,59,75)(H,60,77)(H,61,73)(H,62,76)(H,63,74)/t26-,27-,28-,29-,30-,31-,32-,36+,37+,38+,42-,43+/m0/s1. The molecule has 0 aliphatic heterocycles. The number of carbonyl (C=O) groups excluding carboxylic acids is 15. The molecule has 460 valence electrons. The molecule has 30 nitrogen and oxygen atoms in total. The summed E-state index contributed by atoms with van der Waals surface area (Å²) in [5, 5.41) is 18.3. The lowest BCUT2D eigenvalue weighted by molar-refractivity contribution is -0.156. The van der Waals surface area contributed by atoms with Crippen LogP contribution in [0.25, 0.3) is 0 Å². The maximum atomic E-state index is 14.8. The van der Waals surface area contributed by atoms with Gasteiger partial charge in [-0.05, 0) is 95.4 Å². The molecule has 82 heavy (non-hydrogen) atoms. The third-order valence-electron chi connectivity index (χ3n) is 11.0. The Kier molecular flexibility index (Phi) is 31.9. The van der Waals surface area contributed by atoms with E-state index >= 15 is 0 Å². The van der Waals surface area contributed by atoms with Crippen molar-refractivity contribution in [2.24, 2.45) is 17.2 Å². The van der Waals surface area contributed by atoms with E-state index in [0.29, 0.717) is 11.2 Å². The number of Topliss-reactive ketones (excluding diaryl/α,β-unsaturated/α-hetero) is 3. The van der Waals surface area contributed by atoms with Crippen LogP contribution >= 0.6 is 0 Å². The minimum Gasteiger partial charge on any atom is -0.467 e. The minimum absolute atomic E-state index is 0.141. The first-order valence-corrected chi connectivity index (χ1v) is 26.1. The average Bonchev–Trinajstić information content (AvgIpc) is 3.57. The molecule has 0 aromatic rings. The number of carbonyl (C=O) groups is 15. The molecule has 30 heteroatoms. The highest BCUT2D eigenvalue weighted by Gasteiger charge is 2.43. The van der Waals surface area contributed by atoms with Gasteiger partial charge in [-0.1, -0.05) is 12.2 Å². The van der Waals surface area contributed by atoms with E-state index in [2.05, 4.69) is 60.4 Å². The highest BCUT2D eigenvalue weighted by molar-refractivity contribution is 6.13. The Labute approximate surface area is 476 Å². The van der Waals surface area contributed by atoms with Crippen LogP contribution in [0.1, 0.15) is 115 Å². The van der Waals surface area contributed by atoms with E-state index in [1.54, 1.807) is 41.5 Å². The number of ether oxygens (including phenoxy) is 3. The molecule has 7 amide bonds. The quantitative estimate of drug-likeness (QED) is 0.00700. The Bertz CT molecular complexity index is 2350. The number of aldehydes is 2. The second-order valence-electron chi connectivity index (χ2n) is 21.0. The third-order valence-corrected chi connectivity index (χ3v) is 11.0. The Morgan fingerprint density at radius 2 is 0.951 bits per heavy atom. The molecule has 0 spiro atoms. The number of hydrogen-bond donors (Lipinski definition) is 11. The first-order valence-electron chi connectivity index (χ1n) is 26.1. The number of hydrogen-bond acceptors (Lipinski definition) is 23. The third kappa shape index (κ3) is 26.7. The summed E-state index contributed by atoms with van der Waals surface area (Å²) in [4.78, 5) is 202. The van der Waals surface area contributed by atoms with Gasteiger partial charge in [-0.3, -0.25) is 68.2 Å². The van der Waals surface area contributed by atoms with Crippen molar-refractivity contribution in [3.8, 4) is 0 Å². The summed E-state index contributed by atoms with van der Waals surface area (Å²) in [5.74, 6) is -15.3. The summed E-state index contributed by atoms with van der Waals surface area (Å²) in [6.45, 7) is 21.8. The van der Waals surface area contributed by atoms with Crippen molar-refractivity contribution in [3.05, 3.63) is 25.3 Å². The van der Waals surface area contributed by atoms with Crippen molar-refractivity contribution in [2.45, 2.75) is 199 Å². The maximum absolute atomic E-state index is 14.8. The molecule has 12 atom stereocenters. The van der Waals surface area contributed by atoms with Crippen molar-refractivity contribution < 1.29 is 86.1 Å². The molecule has 0 rings (SSSR count). The summed E-state index contributed by atoms with van der Waals surface area (Å²) in [5.41, 5.74) is 15.6. The van der Waals surface area contributed by atoms with Gasteiger partial charge in [0.15, 0.2) is 47.8 Å². The fourth-order valence-electron chi connectivity index (χ4n) is 6.95. The van der Waals surface area contributed by atoms with E-state index in [1.807, 2.05) is 0 Å². The van der Waals surface area contributed by atoms with Gasteiger partial charge in [0.1, 0.15) is 35.9 Å². The summed E-state index contributed by atoms with van der Waals surface area (Å²) in [6, 6.07) is -17.3. The van der Waals surface area contributed by atoms with Crippen LogP contribution in [-0.4, -0.2) is 192 Å². The molecule has 0 saturated heterocycles. The molecule has 14 N–H and O–H groups in total. The Hall–Kier alpha value is -7.67. The fraction of sp³-hybridized carbons (Fsp3) is 0.635. The Morgan fingerprint density at radius 1 is 0.524 bits per heavy atom. The number of ketones is 3. The number of nitrogens with two attached hydrogens (primary N) is 3. The molecule has 0 saturated carbocycles. The zero-order chi connectivity index (χ0) is 63.6. The molecule has 0 aliphatic carbocycles. The highest BCUT2D eigenvalue weighted by atomic mass is 16.6. The predicted octanol–water partition coefficient (Wildman–Crippen LogP) is -4.32. The lowest BCUT2D eigenvalue weighted by Gasteiger charge is -2.35. The van der Waals surface area contributed by atoms with E-state index in [0.717, 1.165) is 27.0 Å². The minimum atomic E-state index is -2.39. The number of esters is 3. The van der Waals surface area contributed by atoms with E-state index in [-0.39, 0.29) is 25.5 Å². The molecule has 0 unspecified atom stereocenters. The summed E-state index contributed by atoms with van der Waals surface area (Å²) < 4.78 is 15.3. The first-order chi connectivity index (χ1) is 37.9. The molecule has 0 aromatic heterocycles. The van der Waals surface area contributed by atoms with Crippen LogP contribution < -0.4 is 59.7 Å². The number of allylic oxidation sites excluding steroid dienone is 1. The largest absolute Gasteiger partial charge is 0.467 e. The normalized spacial score (nSPS) is 15.7. The van der Waals surface area contributed by atoms with Crippen molar-refractivity contribution >= 4 is 89.2 Å². The van der Waals surface area contributed by atoms with Crippen LogP contribution in [0.5, 0.6) is 0 Å². The monoisotopic (exact) mass is 1160 g/mol. The van der Waals surface area contributed by atoms with Gasteiger partial charge >= 0.3 is 17.9 Å². The van der Waals surface area contributed by atoms with Gasteiger partial charge in [0.05, 0.1) is 37.3 Å². The average molecular weight is 1170 g/mol. The van der Waals surface area contributed by atoms with E-state index in [4.69, 9.17) is 26.7 Å². The number of rotatable bonds is 37. The smallest absolute Gasteiger partial charge is 0.336 e. The van der Waals surface area contributed by atoms with Crippen molar-refractivity contribution in [3.63, 3.8) is 0 Å². The second kappa shape index (κ2) is 35.2. The predicted molar refractivity (Wildman–Crippen MR) is 292 cm³/mol. The van der Waals surface area contributed by atoms with Gasteiger partial charge in [0.25, 0.3) is 23.6 Å². The van der Waals surface area contributed by atoms with Gasteiger partial charge in [-0.15, -0.1) is 13.2 Å². The lowest BCUT2D eigenvalue weighted by Crippen LogP contribution is -2.68. The lowest BCUT2D eigenvalue weighted by atomic mass is 10.0. The number of nitrogens with zero attached hydrogens (tertiary/aromatic N) is 1. The van der Waals surface area contributed by atoms with Gasteiger partial charge in [-0.25, -0.2) is 4.79 Å². The molecular formula is C52H84N12O18. The van der Waals surface area contributed by atoms with E-state index in [9.17, 15) is 71.9 Å². The topological polar surface area (TPSA) is 461 Å². The summed E-state index contributed by atoms with van der Waals surface area (Å²) >= 11 is 0. The van der Waals surface area contributed by atoms with E-state index < -0.39 is 186 Å². The Balaban J connectivity index is 7.65. The fourth-order valence-corrected chi connectivity index (χ4v) is 6.95. The van der Waals surface area contributed by atoms with Gasteiger partial charge in [0.2, 0.25) is 17.7 Å². The van der Waals surface area contributed by atoms with Gasteiger partial charge in [-0.2, -0.15) is 0 Å². The molecule has 0 aromatic carbocycles. The molecule has 0 fully saturated rings. The first kappa shape index (κ1) is 74.3. The van der Waals surface area contributed by atoms with Crippen LogP contribution in [0.2, 0.25) is 0 Å². The Morgan fingerprint density at radius 3 is 1.38 bits per heavy atom. The number of amides is 7. The number of nitrogens with one attached hydrogen (secondary N) is 8. The maximum Gasteiger partial charge on any atom is 0.336 e. The summed E-state index contributed by atoms with van der Waals surface area (Å²) in [7, 11) is 0.902. The zero-order valence-electron chi connectivity index (χ0n) is 48.6. The molecule has 0 radical (unpaired) electrons. The molecule has 0 heterocycles. The van der Waals surface area contributed by atoms with E-state index in [1.165, 1.54) is 26.8 Å². The van der Waals surface area contributed by atoms with Crippen LogP contribution in [0.3, 0.4) is 0 Å². The SMILES string of the molecule is C=CCCC(=O)N[C@@H](CCC(=O)OC(C)(C)C)C(=O)N[C@@H](N[C@@H](C)C=O)C(=O)N(CC=C)[C@@H](C(=O)N[C@H](N[C@@H](C)C=O)C(=O)N[C@@H](C(=O)N[C@@H](CCC(=O)OC(C)(C)C)C(=O)N[C@@H](C(=O)OC)C(=O)[C@H](C)N)C(=O)[C@H](C)N)C(=O)[C@H](C)N. The highest BCUT2D eigenvalue weighted by Crippen LogP contribution is 2.14. The molecule has 0 bridgehead atoms. The number of methoxy groups -OCH3 is 1. The second-order valence-corrected chi connectivity index (χ2v) is 21.0.